The summed E-state index contributed by atoms with van der Waals surface area (Å²) in [5.41, 5.74) is 3.17. The van der Waals surface area contributed by atoms with Gasteiger partial charge < -0.3 is 5.11 Å². The second-order valence-electron chi connectivity index (χ2n) is 6.77. The van der Waals surface area contributed by atoms with Gasteiger partial charge in [-0.25, -0.2) is 4.39 Å². The van der Waals surface area contributed by atoms with Gasteiger partial charge in [0.1, 0.15) is 0 Å². The van der Waals surface area contributed by atoms with Crippen LogP contribution < -0.4 is 0 Å². The highest BCUT2D eigenvalue weighted by molar-refractivity contribution is 8.93. The molecule has 0 spiro atoms. The lowest BCUT2D eigenvalue weighted by atomic mass is 9.78. The fraction of sp³-hybridized carbons (Fsp3) is 0.368. The molecule has 0 aromatic heterocycles. The standard InChI is InChI=1S/C19H19ClFNO.BrH/c1-22-9-6-12-10-16(21)17(23)11-13(12)18(22)19(7-8-19)14-4-2-3-5-15(14)20;/h2-5,10-11,18,23H,6-9H2,1H3;1H. The second kappa shape index (κ2) is 6.32. The highest BCUT2D eigenvalue weighted by atomic mass is 79.9. The van der Waals surface area contributed by atoms with Crippen LogP contribution in [0.1, 0.15) is 35.6 Å². The molecule has 5 heteroatoms. The normalized spacial score (nSPS) is 21.7. The van der Waals surface area contributed by atoms with Gasteiger partial charge in [0.2, 0.25) is 0 Å². The third kappa shape index (κ3) is 2.65. The average molecular weight is 413 g/mol. The summed E-state index contributed by atoms with van der Waals surface area (Å²) >= 11 is 6.47. The lowest BCUT2D eigenvalue weighted by molar-refractivity contribution is 0.187. The molecular formula is C19H20BrClFNO. The first-order chi connectivity index (χ1) is 11.0. The molecule has 0 bridgehead atoms. The van der Waals surface area contributed by atoms with Crippen LogP contribution in [0.3, 0.4) is 0 Å². The second-order valence-corrected chi connectivity index (χ2v) is 7.18. The summed E-state index contributed by atoms with van der Waals surface area (Å²) in [6.07, 6.45) is 2.92. The molecule has 1 fully saturated rings. The molecule has 128 valence electrons. The molecule has 2 nitrogen and oxygen atoms in total. The minimum Gasteiger partial charge on any atom is -0.505 e. The summed E-state index contributed by atoms with van der Waals surface area (Å²) in [6.45, 7) is 0.883. The van der Waals surface area contributed by atoms with Gasteiger partial charge in [-0.2, -0.15) is 0 Å². The van der Waals surface area contributed by atoms with Gasteiger partial charge in [-0.15, -0.1) is 17.0 Å². The molecule has 1 aliphatic heterocycles. The summed E-state index contributed by atoms with van der Waals surface area (Å²) in [7, 11) is 2.10. The van der Waals surface area contributed by atoms with Crippen LogP contribution in [0, 0.1) is 5.82 Å². The maximum Gasteiger partial charge on any atom is 0.165 e. The number of nitrogens with zero attached hydrogens (tertiary/aromatic N) is 1. The molecule has 1 N–H and O–H groups in total. The lowest BCUT2D eigenvalue weighted by Gasteiger charge is -2.40. The molecule has 1 heterocycles. The quantitative estimate of drug-likeness (QED) is 0.748. The molecule has 1 unspecified atom stereocenters. The fourth-order valence-electron chi connectivity index (χ4n) is 4.16. The number of halogens is 3. The lowest BCUT2D eigenvalue weighted by Crippen LogP contribution is -2.39. The van der Waals surface area contributed by atoms with E-state index in [4.69, 9.17) is 11.6 Å². The molecule has 24 heavy (non-hydrogen) atoms. The van der Waals surface area contributed by atoms with Crippen molar-refractivity contribution >= 4 is 28.6 Å². The summed E-state index contributed by atoms with van der Waals surface area (Å²) in [5.74, 6) is -0.798. The Balaban J connectivity index is 0.00000169. The third-order valence-corrected chi connectivity index (χ3v) is 5.73. The zero-order valence-corrected chi connectivity index (χ0v) is 15.9. The van der Waals surface area contributed by atoms with Gasteiger partial charge in [0.25, 0.3) is 0 Å². The van der Waals surface area contributed by atoms with Crippen LogP contribution in [-0.4, -0.2) is 23.6 Å². The number of rotatable bonds is 2. The SMILES string of the molecule is Br.CN1CCc2cc(F)c(O)cc2C1C1(c2ccccc2Cl)CC1. The molecule has 0 amide bonds. The molecule has 1 atom stereocenters. The van der Waals surface area contributed by atoms with E-state index < -0.39 is 5.82 Å². The van der Waals surface area contributed by atoms with Crippen LogP contribution in [-0.2, 0) is 11.8 Å². The van der Waals surface area contributed by atoms with Gasteiger partial charge in [0.05, 0.1) is 0 Å². The van der Waals surface area contributed by atoms with Gasteiger partial charge in [-0.05, 0) is 61.2 Å². The minimum atomic E-state index is -0.533. The monoisotopic (exact) mass is 411 g/mol. The van der Waals surface area contributed by atoms with Gasteiger partial charge in [-0.1, -0.05) is 29.8 Å². The van der Waals surface area contributed by atoms with Crippen molar-refractivity contribution in [3.63, 3.8) is 0 Å². The number of benzene rings is 2. The molecule has 1 saturated carbocycles. The van der Waals surface area contributed by atoms with Crippen LogP contribution in [0.25, 0.3) is 0 Å². The topological polar surface area (TPSA) is 23.5 Å². The Kier molecular flexibility index (Phi) is 4.67. The number of aromatic hydroxyl groups is 1. The van der Waals surface area contributed by atoms with Crippen molar-refractivity contribution in [1.29, 1.82) is 0 Å². The third-order valence-electron chi connectivity index (χ3n) is 5.40. The Bertz CT molecular complexity index is 778. The van der Waals surface area contributed by atoms with Crippen molar-refractivity contribution in [2.45, 2.75) is 30.7 Å². The molecule has 1 aliphatic carbocycles. The fourth-order valence-corrected chi connectivity index (χ4v) is 4.49. The minimum absolute atomic E-state index is 0. The first-order valence-electron chi connectivity index (χ1n) is 7.99. The van der Waals surface area contributed by atoms with Crippen LogP contribution in [0.5, 0.6) is 5.75 Å². The highest BCUT2D eigenvalue weighted by Crippen LogP contribution is 2.61. The summed E-state index contributed by atoms with van der Waals surface area (Å²) in [4.78, 5) is 2.32. The Morgan fingerprint density at radius 1 is 1.25 bits per heavy atom. The zero-order valence-electron chi connectivity index (χ0n) is 13.4. The number of hydrogen-bond acceptors (Lipinski definition) is 2. The van der Waals surface area contributed by atoms with Crippen LogP contribution in [0.2, 0.25) is 5.02 Å². The number of fused-ring (bicyclic) bond motifs is 1. The van der Waals surface area contributed by atoms with Crippen molar-refractivity contribution < 1.29 is 9.50 Å². The van der Waals surface area contributed by atoms with Gasteiger partial charge >= 0.3 is 0 Å². The van der Waals surface area contributed by atoms with E-state index in [0.717, 1.165) is 47.5 Å². The van der Waals surface area contributed by atoms with E-state index in [1.165, 1.54) is 6.07 Å². The zero-order chi connectivity index (χ0) is 16.2. The molecular weight excluding hydrogens is 393 g/mol. The van der Waals surface area contributed by atoms with Crippen molar-refractivity contribution in [1.82, 2.24) is 4.90 Å². The van der Waals surface area contributed by atoms with Crippen LogP contribution in [0.15, 0.2) is 36.4 Å². The summed E-state index contributed by atoms with van der Waals surface area (Å²) in [6, 6.07) is 11.2. The van der Waals surface area contributed by atoms with Gasteiger partial charge in [0.15, 0.2) is 11.6 Å². The summed E-state index contributed by atoms with van der Waals surface area (Å²) < 4.78 is 13.7. The highest BCUT2D eigenvalue weighted by Gasteiger charge is 2.54. The van der Waals surface area contributed by atoms with E-state index >= 15 is 0 Å². The largest absolute Gasteiger partial charge is 0.505 e. The Labute approximate surface area is 157 Å². The van der Waals surface area contributed by atoms with E-state index in [1.54, 1.807) is 6.07 Å². The number of phenolic OH excluding ortho intramolecular Hbond substituents is 1. The van der Waals surface area contributed by atoms with Crippen molar-refractivity contribution in [3.8, 4) is 5.75 Å². The van der Waals surface area contributed by atoms with Crippen molar-refractivity contribution in [2.24, 2.45) is 0 Å². The smallest absolute Gasteiger partial charge is 0.165 e. The molecule has 0 saturated heterocycles. The molecule has 0 radical (unpaired) electrons. The van der Waals surface area contributed by atoms with Crippen LogP contribution >= 0.6 is 28.6 Å². The Morgan fingerprint density at radius 3 is 2.62 bits per heavy atom. The summed E-state index contributed by atoms with van der Waals surface area (Å²) in [5, 5.41) is 10.7. The first-order valence-corrected chi connectivity index (χ1v) is 8.37. The molecule has 2 aromatic rings. The molecule has 2 aliphatic rings. The van der Waals surface area contributed by atoms with E-state index in [9.17, 15) is 9.50 Å². The predicted octanol–water partition coefficient (Wildman–Crippen LogP) is 5.02. The van der Waals surface area contributed by atoms with E-state index in [-0.39, 0.29) is 34.2 Å². The molecule has 2 aromatic carbocycles. The van der Waals surface area contributed by atoms with Crippen LogP contribution in [0.4, 0.5) is 4.39 Å². The number of likely N-dealkylation sites (N-methyl/N-ethyl adjacent to an activating group) is 1. The molecule has 4 rings (SSSR count). The van der Waals surface area contributed by atoms with E-state index in [1.807, 2.05) is 18.2 Å². The van der Waals surface area contributed by atoms with Crippen molar-refractivity contribution in [2.75, 3.05) is 13.6 Å². The Hall–Kier alpha value is -1.10. The maximum atomic E-state index is 13.7. The van der Waals surface area contributed by atoms with E-state index in [2.05, 4.69) is 18.0 Å². The first kappa shape index (κ1) is 17.7. The Morgan fingerprint density at radius 2 is 1.96 bits per heavy atom. The van der Waals surface area contributed by atoms with Crippen molar-refractivity contribution in [3.05, 3.63) is 63.9 Å². The van der Waals surface area contributed by atoms with E-state index in [0.29, 0.717) is 0 Å². The maximum absolute atomic E-state index is 13.7. The van der Waals surface area contributed by atoms with Gasteiger partial charge in [-0.3, -0.25) is 4.90 Å². The van der Waals surface area contributed by atoms with Gasteiger partial charge in [0, 0.05) is 23.0 Å². The predicted molar refractivity (Wildman–Crippen MR) is 99.8 cm³/mol. The average Bonchev–Trinajstić information content (AvgIpc) is 3.30. The number of phenols is 1. The number of hydrogen-bond donors (Lipinski definition) is 1.